The third-order valence-corrected chi connectivity index (χ3v) is 12.3. The molecule has 0 aliphatic carbocycles. The summed E-state index contributed by atoms with van der Waals surface area (Å²) in [4.78, 5) is 0. The van der Waals surface area contributed by atoms with Crippen LogP contribution in [-0.2, 0) is 18.5 Å². The summed E-state index contributed by atoms with van der Waals surface area (Å²) in [6.07, 6.45) is -13.9. The Hall–Kier alpha value is -8.29. The van der Waals surface area contributed by atoms with E-state index in [0.717, 1.165) is 36.4 Å². The van der Waals surface area contributed by atoms with E-state index in [-0.39, 0.29) is 33.6 Å². The van der Waals surface area contributed by atoms with Crippen molar-refractivity contribution >= 4 is 43.6 Å². The minimum atomic E-state index is -4.76. The number of fused-ring (bicyclic) bond motifs is 6. The molecule has 68 heavy (non-hydrogen) atoms. The Morgan fingerprint density at radius 3 is 1.25 bits per heavy atom. The van der Waals surface area contributed by atoms with Crippen LogP contribution >= 0.6 is 0 Å². The molecule has 0 unspecified atom stereocenters. The van der Waals surface area contributed by atoms with Crippen LogP contribution in [0.3, 0.4) is 0 Å². The second-order valence-electron chi connectivity index (χ2n) is 16.7. The molecule has 10 aromatic rings. The van der Waals surface area contributed by atoms with Crippen LogP contribution in [-0.4, -0.2) is 9.13 Å². The van der Waals surface area contributed by atoms with Crippen molar-refractivity contribution in [2.75, 3.05) is 0 Å². The average Bonchev–Trinajstić information content (AvgIpc) is 3.81. The number of nitriles is 2. The van der Waals surface area contributed by atoms with Gasteiger partial charge in [0.2, 0.25) is 0 Å². The Bertz CT molecular complexity index is 3610. The standard InChI is InChI=1S/C55H31F9N4/c1-30-17-34(21-39(19-30)54(59,60)61)32-11-15-49-44(24-32)42-7-3-5-9-47(42)67(49)51-26-36(41-14-13-38(53(56,57)58)23-37(41)28-65)27-52(46(51)29-66)68-48-10-6-4-8-43(48)45-25-33(12-16-50(45)68)35-18-31(2)20-40(22-35)55(62,63)64/h3-27H,1-2H3. The molecule has 13 heteroatoms. The van der Waals surface area contributed by atoms with Crippen molar-refractivity contribution in [3.63, 3.8) is 0 Å². The van der Waals surface area contributed by atoms with Gasteiger partial charge in [-0.3, -0.25) is 0 Å². The van der Waals surface area contributed by atoms with E-state index < -0.39 is 35.2 Å². The second kappa shape index (κ2) is 15.7. The molecular formula is C55H31F9N4. The third-order valence-electron chi connectivity index (χ3n) is 12.3. The number of aromatic nitrogens is 2. The van der Waals surface area contributed by atoms with Crippen LogP contribution in [0.15, 0.2) is 152 Å². The van der Waals surface area contributed by atoms with Gasteiger partial charge in [0.1, 0.15) is 11.6 Å². The molecule has 2 aromatic heterocycles. The number of halogens is 9. The van der Waals surface area contributed by atoms with Crippen LogP contribution < -0.4 is 0 Å². The number of aryl methyl sites for hydroxylation is 2. The van der Waals surface area contributed by atoms with Crippen molar-refractivity contribution in [2.45, 2.75) is 32.4 Å². The quantitative estimate of drug-likeness (QED) is 0.162. The van der Waals surface area contributed by atoms with Gasteiger partial charge in [0.05, 0.1) is 61.8 Å². The summed E-state index contributed by atoms with van der Waals surface area (Å²) in [5, 5.41) is 24.3. The maximum absolute atomic E-state index is 14.0. The molecule has 4 nitrogen and oxygen atoms in total. The molecule has 0 aliphatic rings. The number of rotatable bonds is 5. The lowest BCUT2D eigenvalue weighted by Crippen LogP contribution is -2.07. The van der Waals surface area contributed by atoms with Crippen LogP contribution in [0.2, 0.25) is 0 Å². The fraction of sp³-hybridized carbons (Fsp3) is 0.0909. The highest BCUT2D eigenvalue weighted by Crippen LogP contribution is 2.44. The summed E-state index contributed by atoms with van der Waals surface area (Å²) >= 11 is 0. The highest BCUT2D eigenvalue weighted by Gasteiger charge is 2.34. The molecule has 0 atom stereocenters. The largest absolute Gasteiger partial charge is 0.416 e. The third kappa shape index (κ3) is 7.37. The van der Waals surface area contributed by atoms with Crippen LogP contribution in [0.5, 0.6) is 0 Å². The fourth-order valence-corrected chi connectivity index (χ4v) is 9.35. The fourth-order valence-electron chi connectivity index (χ4n) is 9.35. The summed E-state index contributed by atoms with van der Waals surface area (Å²) in [6, 6.07) is 42.9. The number of alkyl halides is 9. The maximum atomic E-state index is 14.0. The molecule has 10 rings (SSSR count). The molecular weight excluding hydrogens is 888 g/mol. The van der Waals surface area contributed by atoms with Gasteiger partial charge < -0.3 is 9.13 Å². The predicted octanol–water partition coefficient (Wildman–Crippen LogP) is 16.3. The van der Waals surface area contributed by atoms with Crippen molar-refractivity contribution in [3.8, 4) is 56.9 Å². The molecule has 0 saturated carbocycles. The first-order chi connectivity index (χ1) is 32.3. The number of hydrogen-bond acceptors (Lipinski definition) is 2. The molecule has 0 radical (unpaired) electrons. The van der Waals surface area contributed by atoms with Crippen molar-refractivity contribution < 1.29 is 39.5 Å². The first-order valence-electron chi connectivity index (χ1n) is 21.0. The lowest BCUT2D eigenvalue weighted by Gasteiger charge is -2.19. The molecule has 8 aromatic carbocycles. The van der Waals surface area contributed by atoms with Crippen molar-refractivity contribution in [1.82, 2.24) is 9.13 Å². The molecule has 0 bridgehead atoms. The average molecular weight is 919 g/mol. The number of nitrogens with zero attached hydrogens (tertiary/aromatic N) is 4. The van der Waals surface area contributed by atoms with Gasteiger partial charge in [-0.1, -0.05) is 66.7 Å². The Morgan fingerprint density at radius 1 is 0.382 bits per heavy atom. The van der Waals surface area contributed by atoms with E-state index in [1.807, 2.05) is 39.5 Å². The van der Waals surface area contributed by atoms with Gasteiger partial charge in [-0.05, 0) is 143 Å². The Balaban J connectivity index is 1.28. The van der Waals surface area contributed by atoms with Gasteiger partial charge in [0.15, 0.2) is 0 Å². The van der Waals surface area contributed by atoms with Crippen LogP contribution in [0.4, 0.5) is 39.5 Å². The first-order valence-corrected chi connectivity index (χ1v) is 21.0. The van der Waals surface area contributed by atoms with Gasteiger partial charge >= 0.3 is 18.5 Å². The molecule has 0 saturated heterocycles. The van der Waals surface area contributed by atoms with E-state index in [1.54, 1.807) is 98.8 Å². The Labute approximate surface area is 381 Å². The van der Waals surface area contributed by atoms with Crippen molar-refractivity contribution in [2.24, 2.45) is 0 Å². The summed E-state index contributed by atoms with van der Waals surface area (Å²) in [6.45, 7) is 3.16. The minimum absolute atomic E-state index is 0.111. The normalized spacial score (nSPS) is 12.3. The molecule has 0 aliphatic heterocycles. The van der Waals surface area contributed by atoms with Gasteiger partial charge in [-0.2, -0.15) is 50.0 Å². The predicted molar refractivity (Wildman–Crippen MR) is 245 cm³/mol. The van der Waals surface area contributed by atoms with E-state index in [2.05, 4.69) is 6.07 Å². The number of hydrogen-bond donors (Lipinski definition) is 0. The highest BCUT2D eigenvalue weighted by atomic mass is 19.4. The van der Waals surface area contributed by atoms with Gasteiger partial charge in [0.25, 0.3) is 0 Å². The summed E-state index contributed by atoms with van der Waals surface area (Å²) in [5.74, 6) is 0. The smallest absolute Gasteiger partial charge is 0.308 e. The highest BCUT2D eigenvalue weighted by molar-refractivity contribution is 6.12. The Morgan fingerprint density at radius 2 is 0.824 bits per heavy atom. The van der Waals surface area contributed by atoms with Crippen molar-refractivity contribution in [3.05, 3.63) is 191 Å². The second-order valence-corrected chi connectivity index (χ2v) is 16.7. The molecule has 2 heterocycles. The van der Waals surface area contributed by atoms with Crippen molar-refractivity contribution in [1.29, 1.82) is 10.5 Å². The number of benzene rings is 8. The molecule has 0 spiro atoms. The monoisotopic (exact) mass is 918 g/mol. The zero-order valence-electron chi connectivity index (χ0n) is 35.6. The van der Waals surface area contributed by atoms with Gasteiger partial charge in [-0.25, -0.2) is 0 Å². The lowest BCUT2D eigenvalue weighted by molar-refractivity contribution is -0.138. The Kier molecular flexibility index (Phi) is 10.0. The van der Waals surface area contributed by atoms with E-state index in [4.69, 9.17) is 0 Å². The molecule has 0 amide bonds. The lowest BCUT2D eigenvalue weighted by atomic mass is 9.95. The van der Waals surface area contributed by atoms with E-state index in [0.29, 0.717) is 77.0 Å². The summed E-state index contributed by atoms with van der Waals surface area (Å²) in [5.41, 5.74) is 2.94. The minimum Gasteiger partial charge on any atom is -0.308 e. The first kappa shape index (κ1) is 43.6. The van der Waals surface area contributed by atoms with E-state index in [1.165, 1.54) is 6.07 Å². The maximum Gasteiger partial charge on any atom is 0.416 e. The molecule has 0 N–H and O–H groups in total. The van der Waals surface area contributed by atoms with Gasteiger partial charge in [0, 0.05) is 21.5 Å². The van der Waals surface area contributed by atoms with Crippen LogP contribution in [0.1, 0.15) is 38.9 Å². The summed E-state index contributed by atoms with van der Waals surface area (Å²) in [7, 11) is 0. The van der Waals surface area contributed by atoms with E-state index in [9.17, 15) is 50.0 Å². The van der Waals surface area contributed by atoms with Gasteiger partial charge in [-0.15, -0.1) is 0 Å². The van der Waals surface area contributed by atoms with Crippen LogP contribution in [0, 0.1) is 36.5 Å². The molecule has 0 fully saturated rings. The molecule has 334 valence electrons. The zero-order chi connectivity index (χ0) is 48.0. The SMILES string of the molecule is Cc1cc(-c2ccc3c(c2)c2ccccc2n3-c2cc(-c3ccc(C(F)(F)F)cc3C#N)cc(-n3c4ccccc4c4cc(-c5cc(C)cc(C(F)(F)F)c5)ccc43)c2C#N)cc(C(F)(F)F)c1. The summed E-state index contributed by atoms with van der Waals surface area (Å²) < 4.78 is 130. The topological polar surface area (TPSA) is 57.4 Å². The van der Waals surface area contributed by atoms with E-state index >= 15 is 0 Å². The zero-order valence-corrected chi connectivity index (χ0v) is 35.6. The number of para-hydroxylation sites is 2. The van der Waals surface area contributed by atoms with Crippen LogP contribution in [0.25, 0.3) is 88.4 Å².